The number of likely N-dealkylation sites (N-methyl/N-ethyl adjacent to an activating group) is 1. The van der Waals surface area contributed by atoms with Crippen LogP contribution in [0, 0.1) is 0 Å². The maximum Gasteiger partial charge on any atom is 0.0758 e. The third-order valence-electron chi connectivity index (χ3n) is 2.86. The molecule has 0 spiro atoms. The zero-order valence-corrected chi connectivity index (χ0v) is 11.3. The molecule has 1 unspecified atom stereocenters. The highest BCUT2D eigenvalue weighted by Crippen LogP contribution is 2.24. The second kappa shape index (κ2) is 7.71. The predicted octanol–water partition coefficient (Wildman–Crippen LogP) is 1.47. The summed E-state index contributed by atoms with van der Waals surface area (Å²) in [6, 6.07) is 10.1. The third-order valence-corrected chi connectivity index (χ3v) is 4.01. The lowest BCUT2D eigenvalue weighted by Crippen LogP contribution is -2.46. The van der Waals surface area contributed by atoms with E-state index in [-0.39, 0.29) is 12.1 Å². The fourth-order valence-electron chi connectivity index (χ4n) is 1.66. The van der Waals surface area contributed by atoms with Gasteiger partial charge in [-0.05, 0) is 12.6 Å². The summed E-state index contributed by atoms with van der Waals surface area (Å²) < 4.78 is 5.03. The molecule has 0 bridgehead atoms. The first-order valence-electron chi connectivity index (χ1n) is 5.71. The van der Waals surface area contributed by atoms with Crippen molar-refractivity contribution in [2.45, 2.75) is 5.54 Å². The molecule has 0 heterocycles. The second-order valence-electron chi connectivity index (χ2n) is 3.90. The number of nitrogens with one attached hydrogen (secondary N) is 1. The van der Waals surface area contributed by atoms with Crippen molar-refractivity contribution in [1.29, 1.82) is 0 Å². The van der Waals surface area contributed by atoms with Gasteiger partial charge in [-0.3, -0.25) is 0 Å². The molecule has 0 fully saturated rings. The molecule has 2 N–H and O–H groups in total. The van der Waals surface area contributed by atoms with Gasteiger partial charge >= 0.3 is 0 Å². The molecule has 96 valence electrons. The second-order valence-corrected chi connectivity index (χ2v) is 5.01. The number of benzene rings is 1. The molecule has 1 aromatic rings. The van der Waals surface area contributed by atoms with Crippen LogP contribution in [0.25, 0.3) is 0 Å². The largest absolute Gasteiger partial charge is 0.394 e. The maximum atomic E-state index is 9.68. The molecule has 1 rings (SSSR count). The summed E-state index contributed by atoms with van der Waals surface area (Å²) in [5.74, 6) is 1.76. The van der Waals surface area contributed by atoms with Gasteiger partial charge in [0.25, 0.3) is 0 Å². The van der Waals surface area contributed by atoms with Crippen LogP contribution in [-0.4, -0.2) is 44.0 Å². The number of aliphatic hydroxyl groups excluding tert-OH is 1. The van der Waals surface area contributed by atoms with Crippen LogP contribution in [0.5, 0.6) is 0 Å². The Morgan fingerprint density at radius 3 is 2.59 bits per heavy atom. The Morgan fingerprint density at radius 1 is 1.35 bits per heavy atom. The average molecular weight is 255 g/mol. The van der Waals surface area contributed by atoms with E-state index in [2.05, 4.69) is 5.32 Å². The van der Waals surface area contributed by atoms with E-state index in [1.807, 2.05) is 37.4 Å². The smallest absolute Gasteiger partial charge is 0.0758 e. The first-order chi connectivity index (χ1) is 8.29. The van der Waals surface area contributed by atoms with Crippen molar-refractivity contribution < 1.29 is 9.84 Å². The Balaban J connectivity index is 2.68. The maximum absolute atomic E-state index is 9.68. The van der Waals surface area contributed by atoms with Gasteiger partial charge in [-0.1, -0.05) is 30.3 Å². The van der Waals surface area contributed by atoms with Crippen molar-refractivity contribution in [1.82, 2.24) is 5.32 Å². The monoisotopic (exact) mass is 255 g/mol. The van der Waals surface area contributed by atoms with Crippen molar-refractivity contribution in [2.24, 2.45) is 0 Å². The van der Waals surface area contributed by atoms with Gasteiger partial charge in [-0.2, -0.15) is 11.8 Å². The van der Waals surface area contributed by atoms with Crippen LogP contribution in [0.1, 0.15) is 5.56 Å². The summed E-state index contributed by atoms with van der Waals surface area (Å²) in [5, 5.41) is 12.9. The third kappa shape index (κ3) is 4.00. The van der Waals surface area contributed by atoms with Crippen molar-refractivity contribution in [2.75, 3.05) is 38.9 Å². The molecule has 1 aromatic carbocycles. The van der Waals surface area contributed by atoms with Gasteiger partial charge in [0.15, 0.2) is 0 Å². The zero-order chi connectivity index (χ0) is 12.6. The molecule has 17 heavy (non-hydrogen) atoms. The van der Waals surface area contributed by atoms with E-state index in [1.165, 1.54) is 0 Å². The summed E-state index contributed by atoms with van der Waals surface area (Å²) in [6.45, 7) is 0.832. The SMILES string of the molecule is CNC(CO)(CSCCOC)c1ccccc1. The summed E-state index contributed by atoms with van der Waals surface area (Å²) in [7, 11) is 3.59. The minimum Gasteiger partial charge on any atom is -0.394 e. The number of aliphatic hydroxyl groups is 1. The molecule has 0 aromatic heterocycles. The van der Waals surface area contributed by atoms with E-state index in [0.29, 0.717) is 0 Å². The Hall–Kier alpha value is -0.550. The minimum atomic E-state index is -0.361. The van der Waals surface area contributed by atoms with Gasteiger partial charge < -0.3 is 15.2 Å². The zero-order valence-electron chi connectivity index (χ0n) is 10.5. The fraction of sp³-hybridized carbons (Fsp3) is 0.538. The number of methoxy groups -OCH3 is 1. The van der Waals surface area contributed by atoms with E-state index in [4.69, 9.17) is 4.74 Å². The normalized spacial score (nSPS) is 14.5. The molecule has 4 heteroatoms. The molecule has 0 aliphatic carbocycles. The van der Waals surface area contributed by atoms with Crippen LogP contribution >= 0.6 is 11.8 Å². The summed E-state index contributed by atoms with van der Waals surface area (Å²) in [5.41, 5.74) is 0.759. The molecular formula is C13H21NO2S. The van der Waals surface area contributed by atoms with Gasteiger partial charge in [0.2, 0.25) is 0 Å². The number of rotatable bonds is 8. The highest BCUT2D eigenvalue weighted by molar-refractivity contribution is 7.99. The molecule has 0 radical (unpaired) electrons. The van der Waals surface area contributed by atoms with Gasteiger partial charge in [0, 0.05) is 18.6 Å². The van der Waals surface area contributed by atoms with Crippen LogP contribution in [0.15, 0.2) is 30.3 Å². The van der Waals surface area contributed by atoms with E-state index in [9.17, 15) is 5.11 Å². The van der Waals surface area contributed by atoms with Crippen molar-refractivity contribution in [3.63, 3.8) is 0 Å². The van der Waals surface area contributed by atoms with Gasteiger partial charge in [0.1, 0.15) is 0 Å². The van der Waals surface area contributed by atoms with Crippen molar-refractivity contribution in [3.05, 3.63) is 35.9 Å². The Kier molecular flexibility index (Phi) is 6.58. The molecule has 0 saturated carbocycles. The number of hydrogen-bond acceptors (Lipinski definition) is 4. The Bertz CT molecular complexity index is 302. The van der Waals surface area contributed by atoms with Gasteiger partial charge in [0.05, 0.1) is 18.8 Å². The molecule has 0 aliphatic rings. The lowest BCUT2D eigenvalue weighted by atomic mass is 9.93. The lowest BCUT2D eigenvalue weighted by Gasteiger charge is -2.32. The first kappa shape index (κ1) is 14.5. The predicted molar refractivity (Wildman–Crippen MR) is 73.5 cm³/mol. The van der Waals surface area contributed by atoms with Crippen LogP contribution in [-0.2, 0) is 10.3 Å². The molecular weight excluding hydrogens is 234 g/mol. The molecule has 3 nitrogen and oxygen atoms in total. The van der Waals surface area contributed by atoms with Crippen LogP contribution in [0.2, 0.25) is 0 Å². The Morgan fingerprint density at radius 2 is 2.06 bits per heavy atom. The van der Waals surface area contributed by atoms with Crippen LogP contribution in [0.3, 0.4) is 0 Å². The highest BCUT2D eigenvalue weighted by Gasteiger charge is 2.29. The van der Waals surface area contributed by atoms with E-state index in [0.717, 1.165) is 23.7 Å². The molecule has 1 atom stereocenters. The van der Waals surface area contributed by atoms with Crippen LogP contribution < -0.4 is 5.32 Å². The van der Waals surface area contributed by atoms with Gasteiger partial charge in [-0.15, -0.1) is 0 Å². The van der Waals surface area contributed by atoms with E-state index >= 15 is 0 Å². The van der Waals surface area contributed by atoms with Crippen molar-refractivity contribution >= 4 is 11.8 Å². The topological polar surface area (TPSA) is 41.5 Å². The quantitative estimate of drug-likeness (QED) is 0.690. The lowest BCUT2D eigenvalue weighted by molar-refractivity contribution is 0.186. The van der Waals surface area contributed by atoms with Crippen molar-refractivity contribution in [3.8, 4) is 0 Å². The minimum absolute atomic E-state index is 0.0908. The number of hydrogen-bond donors (Lipinski definition) is 2. The van der Waals surface area contributed by atoms with Crippen LogP contribution in [0.4, 0.5) is 0 Å². The molecule has 0 aliphatic heterocycles. The first-order valence-corrected chi connectivity index (χ1v) is 6.86. The Labute approximate surface area is 108 Å². The number of ether oxygens (including phenoxy) is 1. The summed E-state index contributed by atoms with van der Waals surface area (Å²) >= 11 is 1.78. The average Bonchev–Trinajstić information content (AvgIpc) is 2.41. The molecule has 0 saturated heterocycles. The molecule has 0 amide bonds. The fourth-order valence-corrected chi connectivity index (χ4v) is 2.84. The van der Waals surface area contributed by atoms with E-state index < -0.39 is 0 Å². The van der Waals surface area contributed by atoms with Gasteiger partial charge in [-0.25, -0.2) is 0 Å². The standard InChI is InChI=1S/C13H21NO2S/c1-14-13(10-15,11-17-9-8-16-2)12-6-4-3-5-7-12/h3-7,14-15H,8-11H2,1-2H3. The van der Waals surface area contributed by atoms with E-state index in [1.54, 1.807) is 18.9 Å². The number of thioether (sulfide) groups is 1. The highest BCUT2D eigenvalue weighted by atomic mass is 32.2. The summed E-state index contributed by atoms with van der Waals surface area (Å²) in [6.07, 6.45) is 0. The summed E-state index contributed by atoms with van der Waals surface area (Å²) in [4.78, 5) is 0.